The first-order valence-electron chi connectivity index (χ1n) is 20.5. The van der Waals surface area contributed by atoms with Crippen molar-refractivity contribution in [1.29, 1.82) is 0 Å². The molecule has 0 saturated heterocycles. The normalized spacial score (nSPS) is 16.6. The molecular weight excluding hydrogens is 811 g/mol. The number of rotatable bonds is 9. The molecule has 9 rings (SSSR count). The number of nitrogens with zero attached hydrogens (tertiary/aromatic N) is 6. The van der Waals surface area contributed by atoms with Gasteiger partial charge in [-0.2, -0.15) is 0 Å². The van der Waals surface area contributed by atoms with E-state index in [1.54, 1.807) is 43.6 Å². The number of aromatic nitrogens is 6. The van der Waals surface area contributed by atoms with Crippen molar-refractivity contribution in [3.8, 4) is 33.4 Å². The summed E-state index contributed by atoms with van der Waals surface area (Å²) in [5, 5.41) is 28.2. The van der Waals surface area contributed by atoms with Crippen molar-refractivity contribution in [2.75, 3.05) is 5.32 Å². The summed E-state index contributed by atoms with van der Waals surface area (Å²) < 4.78 is 68.8. The summed E-state index contributed by atoms with van der Waals surface area (Å²) in [6.07, 6.45) is 7.76. The van der Waals surface area contributed by atoms with E-state index in [0.717, 1.165) is 50.0 Å². The molecule has 2 aliphatic rings. The minimum absolute atomic E-state index is 0.0650. The number of anilines is 1. The Bertz CT molecular complexity index is 2730. The van der Waals surface area contributed by atoms with Crippen LogP contribution in [0.1, 0.15) is 78.9 Å². The molecule has 2 aliphatic carbocycles. The highest BCUT2D eigenvalue weighted by Crippen LogP contribution is 2.40. The molecule has 7 aromatic rings. The number of hydrogen-bond donors (Lipinski definition) is 3. The van der Waals surface area contributed by atoms with E-state index in [0.29, 0.717) is 61.4 Å². The van der Waals surface area contributed by atoms with Gasteiger partial charge in [-0.1, -0.05) is 22.4 Å². The maximum atomic E-state index is 13.7. The molecule has 3 N–H and O–H groups in total. The third-order valence-electron chi connectivity index (χ3n) is 12.1. The van der Waals surface area contributed by atoms with Gasteiger partial charge in [0.15, 0.2) is 5.82 Å². The van der Waals surface area contributed by atoms with Crippen LogP contribution in [0.4, 0.5) is 28.2 Å². The quantitative estimate of drug-likeness (QED) is 0.119. The van der Waals surface area contributed by atoms with Gasteiger partial charge >= 0.3 is 12.1 Å². The first kappa shape index (κ1) is 42.2. The molecule has 13 nitrogen and oxygen atoms in total. The zero-order valence-electron chi connectivity index (χ0n) is 34.3. The summed E-state index contributed by atoms with van der Waals surface area (Å²) >= 11 is 0. The molecule has 0 aliphatic heterocycles. The lowest BCUT2D eigenvalue weighted by Crippen LogP contribution is -2.26. The van der Waals surface area contributed by atoms with E-state index >= 15 is 0 Å². The third-order valence-corrected chi connectivity index (χ3v) is 12.1. The Morgan fingerprint density at radius 2 is 1.31 bits per heavy atom. The van der Waals surface area contributed by atoms with Crippen LogP contribution in [-0.4, -0.2) is 63.5 Å². The van der Waals surface area contributed by atoms with Crippen molar-refractivity contribution in [3.63, 3.8) is 0 Å². The third kappa shape index (κ3) is 8.92. The van der Waals surface area contributed by atoms with E-state index in [-0.39, 0.29) is 48.9 Å². The van der Waals surface area contributed by atoms with Crippen LogP contribution in [0.3, 0.4) is 0 Å². The lowest BCUT2D eigenvalue weighted by atomic mass is 9.87. The Balaban J connectivity index is 0.000000174. The number of amides is 1. The summed E-state index contributed by atoms with van der Waals surface area (Å²) in [5.74, 6) is -4.45. The molecule has 0 radical (unpaired) electrons. The number of alkyl halides is 4. The van der Waals surface area contributed by atoms with Gasteiger partial charge in [0.05, 0.1) is 38.9 Å². The number of nitrogens with one attached hydrogen (secondary N) is 1. The highest BCUT2D eigenvalue weighted by atomic mass is 19.3. The van der Waals surface area contributed by atoms with Crippen molar-refractivity contribution in [1.82, 2.24) is 29.4 Å². The molecule has 0 bridgehead atoms. The zero-order valence-corrected chi connectivity index (χ0v) is 34.3. The van der Waals surface area contributed by atoms with Crippen molar-refractivity contribution in [3.05, 3.63) is 90.0 Å². The molecule has 1 amide bonds. The lowest BCUT2D eigenvalue weighted by molar-refractivity contribution is -0.0477. The van der Waals surface area contributed by atoms with Gasteiger partial charge in [0.25, 0.3) is 0 Å². The van der Waals surface area contributed by atoms with Crippen molar-refractivity contribution in [2.45, 2.75) is 97.1 Å². The van der Waals surface area contributed by atoms with E-state index in [9.17, 15) is 32.3 Å². The largest absolute Gasteiger partial charge is 0.478 e. The van der Waals surface area contributed by atoms with Crippen LogP contribution in [0.2, 0.25) is 0 Å². The first-order chi connectivity index (χ1) is 29.5. The predicted molar refractivity (Wildman–Crippen MR) is 223 cm³/mol. The first-order valence-corrected chi connectivity index (χ1v) is 20.5. The van der Waals surface area contributed by atoms with Crippen LogP contribution in [-0.2, 0) is 13.1 Å². The van der Waals surface area contributed by atoms with Gasteiger partial charge in [0.1, 0.15) is 11.5 Å². The van der Waals surface area contributed by atoms with Gasteiger partial charge in [-0.25, -0.2) is 27.2 Å². The predicted octanol–water partition coefficient (Wildman–Crippen LogP) is 11.4. The Labute approximate surface area is 352 Å². The van der Waals surface area contributed by atoms with E-state index < -0.39 is 23.9 Å². The number of carboxylic acid groups (broad SMARTS) is 2. The van der Waals surface area contributed by atoms with Crippen molar-refractivity contribution in [2.24, 2.45) is 11.8 Å². The second-order valence-electron chi connectivity index (χ2n) is 16.5. The highest BCUT2D eigenvalue weighted by Gasteiger charge is 2.36. The molecular formula is C45H45F4N7O6. The Kier molecular flexibility index (Phi) is 11.4. The summed E-state index contributed by atoms with van der Waals surface area (Å²) in [4.78, 5) is 31.5. The van der Waals surface area contributed by atoms with Crippen LogP contribution in [0.15, 0.2) is 76.3 Å². The van der Waals surface area contributed by atoms with Crippen LogP contribution in [0.25, 0.3) is 55.4 Å². The summed E-state index contributed by atoms with van der Waals surface area (Å²) in [6.45, 7) is 6.70. The molecule has 0 spiro atoms. The van der Waals surface area contributed by atoms with Gasteiger partial charge in [-0.15, -0.1) is 0 Å². The Morgan fingerprint density at radius 3 is 1.90 bits per heavy atom. The van der Waals surface area contributed by atoms with E-state index in [1.807, 2.05) is 49.0 Å². The zero-order chi connectivity index (χ0) is 43.9. The van der Waals surface area contributed by atoms with Crippen LogP contribution in [0, 0.1) is 32.6 Å². The van der Waals surface area contributed by atoms with Gasteiger partial charge < -0.3 is 28.4 Å². The number of fused-ring (bicyclic) bond motifs is 2. The SMILES string of the molecule is Cc1noc(C)c1-c1cnc2c(-c3ccc(C(=O)O)cc3)cn(CC3CCC(F)(F)CC3)c2c1.Cc1onc(NC(=O)O)c1-c1cnc2ccn(CC3CCC(F)(F)CC3)c2c1. The minimum Gasteiger partial charge on any atom is -0.478 e. The second kappa shape index (κ2) is 16.7. The fourth-order valence-electron chi connectivity index (χ4n) is 8.73. The number of carboxylic acids is 1. The summed E-state index contributed by atoms with van der Waals surface area (Å²) in [7, 11) is 0. The van der Waals surface area contributed by atoms with E-state index in [4.69, 9.17) is 19.1 Å². The van der Waals surface area contributed by atoms with Crippen LogP contribution < -0.4 is 5.32 Å². The molecule has 2 saturated carbocycles. The molecule has 17 heteroatoms. The number of carbonyl (C=O) groups is 2. The minimum atomic E-state index is -2.57. The standard InChI is InChI=1S/C26H25F2N3O3.C19H20F2N4O3/c1-15-23(16(2)34-30-15)20-11-22-24(29-12-20)21(18-3-5-19(6-4-18)25(32)33)14-31(22)13-17-7-9-26(27,28)10-8-17;1-11-16(17(24-28-11)23-18(26)27)13-8-15-14(22-9-13)4-7-25(15)10-12-2-5-19(20,21)6-3-12/h3-6,11-12,14,17H,7-10,13H2,1-2H3,(H,32,33);4,7-9,12H,2-3,5-6,10H2,1H3,(H,23,24)(H,26,27). The Morgan fingerprint density at radius 1 is 0.742 bits per heavy atom. The topological polar surface area (TPSA) is 174 Å². The lowest BCUT2D eigenvalue weighted by Gasteiger charge is -2.28. The van der Waals surface area contributed by atoms with Crippen molar-refractivity contribution < 1.29 is 46.4 Å². The summed E-state index contributed by atoms with van der Waals surface area (Å²) in [5.41, 5.74) is 9.00. The van der Waals surface area contributed by atoms with Crippen LogP contribution >= 0.6 is 0 Å². The molecule has 62 heavy (non-hydrogen) atoms. The number of aryl methyl sites for hydroxylation is 3. The van der Waals surface area contributed by atoms with Gasteiger partial charge in [-0.05, 0) is 94.2 Å². The number of hydrogen-bond acceptors (Lipinski definition) is 8. The van der Waals surface area contributed by atoms with Gasteiger partial charge in [0.2, 0.25) is 11.8 Å². The maximum Gasteiger partial charge on any atom is 0.410 e. The average Bonchev–Trinajstić information content (AvgIpc) is 4.00. The second-order valence-corrected chi connectivity index (χ2v) is 16.5. The fourth-order valence-corrected chi connectivity index (χ4v) is 8.73. The Hall–Kier alpha value is -6.52. The molecule has 0 atom stereocenters. The molecule has 324 valence electrons. The van der Waals surface area contributed by atoms with E-state index in [2.05, 4.69) is 25.2 Å². The summed E-state index contributed by atoms with van der Waals surface area (Å²) in [6, 6.07) is 12.5. The molecule has 2 fully saturated rings. The number of pyridine rings is 2. The maximum absolute atomic E-state index is 13.7. The number of halogens is 4. The molecule has 6 aromatic heterocycles. The van der Waals surface area contributed by atoms with E-state index in [1.165, 1.54) is 0 Å². The smallest absolute Gasteiger partial charge is 0.410 e. The monoisotopic (exact) mass is 855 g/mol. The average molecular weight is 856 g/mol. The van der Waals surface area contributed by atoms with Crippen LogP contribution in [0.5, 0.6) is 0 Å². The van der Waals surface area contributed by atoms with Gasteiger partial charge in [-0.3, -0.25) is 15.3 Å². The number of aromatic carboxylic acids is 1. The van der Waals surface area contributed by atoms with Gasteiger partial charge in [0, 0.05) is 85.8 Å². The molecule has 6 heterocycles. The van der Waals surface area contributed by atoms with Crippen molar-refractivity contribution >= 4 is 39.9 Å². The highest BCUT2D eigenvalue weighted by molar-refractivity contribution is 5.96. The molecule has 1 aromatic carbocycles. The molecule has 0 unspecified atom stereocenters. The fraction of sp³-hybridized carbons (Fsp3) is 0.378. The number of benzene rings is 1.